The molecule has 0 radical (unpaired) electrons. The highest BCUT2D eigenvalue weighted by Gasteiger charge is 2.13. The quantitative estimate of drug-likeness (QED) is 0.879. The molecule has 0 aliphatic rings. The van der Waals surface area contributed by atoms with Crippen LogP contribution in [-0.2, 0) is 6.54 Å². The average Bonchev–Trinajstić information content (AvgIpc) is 2.47. The number of aliphatic hydroxyl groups is 1. The second-order valence-electron chi connectivity index (χ2n) is 4.82. The predicted octanol–water partition coefficient (Wildman–Crippen LogP) is 3.77. The summed E-state index contributed by atoms with van der Waals surface area (Å²) in [5, 5.41) is 10.1. The van der Waals surface area contributed by atoms with Gasteiger partial charge in [-0.3, -0.25) is 0 Å². The maximum absolute atomic E-state index is 10.1. The predicted molar refractivity (Wildman–Crippen MR) is 80.2 cm³/mol. The number of aliphatic hydroxyl groups excluding tert-OH is 1. The summed E-state index contributed by atoms with van der Waals surface area (Å²) in [6.07, 6.45) is 0.338. The first-order chi connectivity index (χ1) is 9.22. The minimum atomic E-state index is -0.394. The van der Waals surface area contributed by atoms with Crippen molar-refractivity contribution in [3.05, 3.63) is 65.7 Å². The Labute approximate surface area is 115 Å². The molecule has 100 valence electrons. The van der Waals surface area contributed by atoms with Crippen LogP contribution in [0.4, 0.5) is 5.69 Å². The molecule has 0 heterocycles. The molecule has 2 heteroatoms. The van der Waals surface area contributed by atoms with E-state index in [1.807, 2.05) is 31.2 Å². The van der Waals surface area contributed by atoms with Crippen molar-refractivity contribution in [2.75, 3.05) is 11.9 Å². The number of hydrogen-bond donors (Lipinski definition) is 1. The first kappa shape index (κ1) is 13.6. The molecule has 0 aliphatic carbocycles. The van der Waals surface area contributed by atoms with Gasteiger partial charge in [-0.25, -0.2) is 0 Å². The van der Waals surface area contributed by atoms with E-state index in [0.717, 1.165) is 24.2 Å². The summed E-state index contributed by atoms with van der Waals surface area (Å²) in [6, 6.07) is 18.4. The Hall–Kier alpha value is -1.80. The number of benzene rings is 2. The number of anilines is 1. The lowest BCUT2D eigenvalue weighted by Crippen LogP contribution is -2.18. The Bertz CT molecular complexity index is 510. The Kier molecular flexibility index (Phi) is 4.58. The van der Waals surface area contributed by atoms with Gasteiger partial charge in [0.05, 0.1) is 6.10 Å². The fourth-order valence-corrected chi connectivity index (χ4v) is 2.28. The van der Waals surface area contributed by atoms with E-state index in [-0.39, 0.29) is 0 Å². The van der Waals surface area contributed by atoms with Crippen LogP contribution in [0.3, 0.4) is 0 Å². The smallest absolute Gasteiger partial charge is 0.0807 e. The van der Waals surface area contributed by atoms with Gasteiger partial charge in [-0.05, 0) is 18.1 Å². The zero-order valence-corrected chi connectivity index (χ0v) is 11.6. The molecule has 1 atom stereocenters. The van der Waals surface area contributed by atoms with Crippen LogP contribution in [0, 0.1) is 0 Å². The topological polar surface area (TPSA) is 23.5 Å². The summed E-state index contributed by atoms with van der Waals surface area (Å²) >= 11 is 0. The van der Waals surface area contributed by atoms with Crippen molar-refractivity contribution in [3.8, 4) is 0 Å². The van der Waals surface area contributed by atoms with Gasteiger partial charge in [-0.1, -0.05) is 55.5 Å². The lowest BCUT2D eigenvalue weighted by atomic mass is 10.0. The van der Waals surface area contributed by atoms with Gasteiger partial charge in [0.1, 0.15) is 0 Å². The molecule has 0 saturated heterocycles. The molecule has 0 saturated carbocycles. The molecule has 0 unspecified atom stereocenters. The summed E-state index contributed by atoms with van der Waals surface area (Å²) in [5.74, 6) is 0. The fourth-order valence-electron chi connectivity index (χ4n) is 2.28. The van der Waals surface area contributed by atoms with Gasteiger partial charge in [0, 0.05) is 24.8 Å². The van der Waals surface area contributed by atoms with Gasteiger partial charge < -0.3 is 10.0 Å². The van der Waals surface area contributed by atoms with Crippen molar-refractivity contribution in [2.24, 2.45) is 0 Å². The van der Waals surface area contributed by atoms with Crippen LogP contribution in [-0.4, -0.2) is 12.2 Å². The molecule has 2 aromatic carbocycles. The highest BCUT2D eigenvalue weighted by molar-refractivity contribution is 5.54. The number of hydrogen-bond acceptors (Lipinski definition) is 2. The third-order valence-electron chi connectivity index (χ3n) is 3.36. The first-order valence-electron chi connectivity index (χ1n) is 6.74. The van der Waals surface area contributed by atoms with E-state index in [4.69, 9.17) is 0 Å². The van der Waals surface area contributed by atoms with Gasteiger partial charge in [-0.2, -0.15) is 0 Å². The van der Waals surface area contributed by atoms with E-state index in [1.165, 1.54) is 5.56 Å². The lowest BCUT2D eigenvalue weighted by molar-refractivity contribution is 0.174. The Morgan fingerprint density at radius 2 is 1.63 bits per heavy atom. The van der Waals surface area contributed by atoms with Crippen molar-refractivity contribution in [3.63, 3.8) is 0 Å². The summed E-state index contributed by atoms with van der Waals surface area (Å²) in [6.45, 7) is 2.84. The van der Waals surface area contributed by atoms with Gasteiger partial charge in [0.25, 0.3) is 0 Å². The largest absolute Gasteiger partial charge is 0.388 e. The number of rotatable bonds is 5. The van der Waals surface area contributed by atoms with Gasteiger partial charge in [-0.15, -0.1) is 0 Å². The average molecular weight is 255 g/mol. The molecule has 0 bridgehead atoms. The summed E-state index contributed by atoms with van der Waals surface area (Å²) in [5.41, 5.74) is 3.37. The molecule has 1 N–H and O–H groups in total. The molecular weight excluding hydrogens is 234 g/mol. The van der Waals surface area contributed by atoms with Crippen molar-refractivity contribution in [2.45, 2.75) is 26.0 Å². The van der Waals surface area contributed by atoms with Crippen LogP contribution in [0.2, 0.25) is 0 Å². The van der Waals surface area contributed by atoms with Crippen molar-refractivity contribution >= 4 is 5.69 Å². The highest BCUT2D eigenvalue weighted by atomic mass is 16.3. The normalized spacial score (nSPS) is 12.2. The Morgan fingerprint density at radius 3 is 2.32 bits per heavy atom. The van der Waals surface area contributed by atoms with Gasteiger partial charge >= 0.3 is 0 Å². The molecule has 0 spiro atoms. The maximum Gasteiger partial charge on any atom is 0.0807 e. The molecule has 0 aliphatic heterocycles. The third-order valence-corrected chi connectivity index (χ3v) is 3.36. The maximum atomic E-state index is 10.1. The molecule has 0 amide bonds. The standard InChI is InChI=1S/C17H21NO/c1-3-17(19)15-11-7-8-12-16(15)18(2)13-14-9-5-4-6-10-14/h4-12,17,19H,3,13H2,1-2H3/t17-/m0/s1. The van der Waals surface area contributed by atoms with E-state index in [2.05, 4.69) is 42.3 Å². The second-order valence-corrected chi connectivity index (χ2v) is 4.82. The minimum Gasteiger partial charge on any atom is -0.388 e. The summed E-state index contributed by atoms with van der Waals surface area (Å²) in [7, 11) is 2.06. The SMILES string of the molecule is CC[C@H](O)c1ccccc1N(C)Cc1ccccc1. The van der Waals surface area contributed by atoms with E-state index < -0.39 is 6.10 Å². The van der Waals surface area contributed by atoms with Gasteiger partial charge in [0.2, 0.25) is 0 Å². The second kappa shape index (κ2) is 6.39. The fraction of sp³-hybridized carbons (Fsp3) is 0.294. The van der Waals surface area contributed by atoms with Crippen molar-refractivity contribution < 1.29 is 5.11 Å². The zero-order chi connectivity index (χ0) is 13.7. The van der Waals surface area contributed by atoms with Crippen LogP contribution < -0.4 is 4.90 Å². The number of para-hydroxylation sites is 1. The van der Waals surface area contributed by atoms with Crippen molar-refractivity contribution in [1.82, 2.24) is 0 Å². The van der Waals surface area contributed by atoms with Crippen LogP contribution in [0.1, 0.15) is 30.6 Å². The summed E-state index contributed by atoms with van der Waals surface area (Å²) in [4.78, 5) is 2.18. The molecule has 2 rings (SSSR count). The molecule has 0 aromatic heterocycles. The van der Waals surface area contributed by atoms with E-state index in [0.29, 0.717) is 0 Å². The monoisotopic (exact) mass is 255 g/mol. The third kappa shape index (κ3) is 3.36. The van der Waals surface area contributed by atoms with Crippen LogP contribution >= 0.6 is 0 Å². The van der Waals surface area contributed by atoms with Crippen LogP contribution in [0.25, 0.3) is 0 Å². The first-order valence-corrected chi connectivity index (χ1v) is 6.74. The van der Waals surface area contributed by atoms with E-state index in [9.17, 15) is 5.11 Å². The van der Waals surface area contributed by atoms with Crippen LogP contribution in [0.5, 0.6) is 0 Å². The molecule has 2 nitrogen and oxygen atoms in total. The Balaban J connectivity index is 2.21. The molecule has 19 heavy (non-hydrogen) atoms. The zero-order valence-electron chi connectivity index (χ0n) is 11.6. The molecule has 0 fully saturated rings. The minimum absolute atomic E-state index is 0.394. The lowest BCUT2D eigenvalue weighted by Gasteiger charge is -2.24. The van der Waals surface area contributed by atoms with Gasteiger partial charge in [0.15, 0.2) is 0 Å². The molecular formula is C17H21NO. The summed E-state index contributed by atoms with van der Waals surface area (Å²) < 4.78 is 0. The van der Waals surface area contributed by atoms with E-state index in [1.54, 1.807) is 0 Å². The molecule has 2 aromatic rings. The van der Waals surface area contributed by atoms with E-state index >= 15 is 0 Å². The highest BCUT2D eigenvalue weighted by Crippen LogP contribution is 2.28. The number of nitrogens with zero attached hydrogens (tertiary/aromatic N) is 1. The van der Waals surface area contributed by atoms with Crippen molar-refractivity contribution in [1.29, 1.82) is 0 Å². The Morgan fingerprint density at radius 1 is 1.00 bits per heavy atom. The van der Waals surface area contributed by atoms with Crippen LogP contribution in [0.15, 0.2) is 54.6 Å².